The van der Waals surface area contributed by atoms with Crippen LogP contribution in [0.25, 0.3) is 10.9 Å². The molecule has 1 amide bonds. The molecule has 2 aromatic rings. The largest absolute Gasteiger partial charge is 0.480 e. The molecule has 2 unspecified atom stereocenters. The Morgan fingerprint density at radius 3 is 2.38 bits per heavy atom. The van der Waals surface area contributed by atoms with Gasteiger partial charge < -0.3 is 15.4 Å². The number of carboxylic acids is 1. The van der Waals surface area contributed by atoms with Crippen LogP contribution in [0, 0.1) is 5.92 Å². The van der Waals surface area contributed by atoms with Crippen LogP contribution >= 0.6 is 0 Å². The Labute approximate surface area is 137 Å². The quantitative estimate of drug-likeness (QED) is 0.734. The second-order valence-corrected chi connectivity index (χ2v) is 5.91. The summed E-state index contributed by atoms with van der Waals surface area (Å²) in [6.07, 6.45) is 0. The zero-order valence-corrected chi connectivity index (χ0v) is 13.6. The number of para-hydroxylation sites is 1. The number of rotatable bonds is 5. The molecule has 1 aromatic heterocycles. The van der Waals surface area contributed by atoms with Gasteiger partial charge in [-0.2, -0.15) is 0 Å². The fraction of sp³-hybridized carbons (Fsp3) is 0.375. The lowest BCUT2D eigenvalue weighted by molar-refractivity contribution is -0.142. The molecule has 0 saturated heterocycles. The van der Waals surface area contributed by atoms with Gasteiger partial charge >= 0.3 is 11.7 Å². The minimum Gasteiger partial charge on any atom is -0.480 e. The minimum atomic E-state index is -1.20. The van der Waals surface area contributed by atoms with E-state index in [2.05, 4.69) is 10.3 Å². The number of amides is 1. The predicted molar refractivity (Wildman–Crippen MR) is 87.9 cm³/mol. The summed E-state index contributed by atoms with van der Waals surface area (Å²) in [5.41, 5.74) is -0.924. The van der Waals surface area contributed by atoms with Gasteiger partial charge in [0.15, 0.2) is 0 Å². The maximum atomic E-state index is 12.7. The number of carbonyl (C=O) groups is 2. The third-order valence-electron chi connectivity index (χ3n) is 3.74. The van der Waals surface area contributed by atoms with Gasteiger partial charge in [-0.3, -0.25) is 14.4 Å². The van der Waals surface area contributed by atoms with E-state index in [9.17, 15) is 19.2 Å². The van der Waals surface area contributed by atoms with Gasteiger partial charge in [0.25, 0.3) is 5.56 Å². The highest BCUT2D eigenvalue weighted by Gasteiger charge is 2.29. The van der Waals surface area contributed by atoms with Crippen molar-refractivity contribution in [2.24, 2.45) is 5.92 Å². The minimum absolute atomic E-state index is 0.279. The molecule has 1 heterocycles. The van der Waals surface area contributed by atoms with Gasteiger partial charge in [-0.1, -0.05) is 26.0 Å². The van der Waals surface area contributed by atoms with Crippen LogP contribution < -0.4 is 16.6 Å². The van der Waals surface area contributed by atoms with Crippen molar-refractivity contribution in [3.05, 3.63) is 45.1 Å². The first-order valence-electron chi connectivity index (χ1n) is 7.50. The van der Waals surface area contributed by atoms with Gasteiger partial charge in [0.1, 0.15) is 12.1 Å². The summed E-state index contributed by atoms with van der Waals surface area (Å²) >= 11 is 0. The number of aliphatic carboxylic acids is 1. The first-order chi connectivity index (χ1) is 11.2. The number of hydrogen-bond acceptors (Lipinski definition) is 4. The standard InChI is InChI=1S/C16H19N3O5/c1-8(2)12(13(20)17-9(3)15(22)23)19-14(21)10-6-4-5-7-11(10)18-16(19)24/h4-9,12H,1-3H3,(H,17,20)(H,18,24)(H,22,23). The lowest BCUT2D eigenvalue weighted by Crippen LogP contribution is -2.49. The van der Waals surface area contributed by atoms with E-state index in [1.54, 1.807) is 38.1 Å². The van der Waals surface area contributed by atoms with Crippen LogP contribution in [-0.4, -0.2) is 32.6 Å². The molecule has 0 fully saturated rings. The van der Waals surface area contributed by atoms with Crippen LogP contribution in [0.2, 0.25) is 0 Å². The Bertz CT molecular complexity index is 896. The Hall–Kier alpha value is -2.90. The molecule has 128 valence electrons. The molecule has 0 aliphatic rings. The number of nitrogens with one attached hydrogen (secondary N) is 2. The third-order valence-corrected chi connectivity index (χ3v) is 3.74. The molecular formula is C16H19N3O5. The smallest absolute Gasteiger partial charge is 0.329 e. The third kappa shape index (κ3) is 3.22. The molecule has 0 aliphatic heterocycles. The number of aromatic nitrogens is 2. The molecular weight excluding hydrogens is 314 g/mol. The number of aromatic amines is 1. The molecule has 0 radical (unpaired) electrons. The van der Waals surface area contributed by atoms with Gasteiger partial charge in [0, 0.05) is 0 Å². The van der Waals surface area contributed by atoms with Gasteiger partial charge in [0.05, 0.1) is 10.9 Å². The van der Waals surface area contributed by atoms with Crippen molar-refractivity contribution in [1.29, 1.82) is 0 Å². The fourth-order valence-corrected chi connectivity index (χ4v) is 2.51. The lowest BCUT2D eigenvalue weighted by Gasteiger charge is -2.23. The van der Waals surface area contributed by atoms with Gasteiger partial charge in [0.2, 0.25) is 5.91 Å². The van der Waals surface area contributed by atoms with Crippen molar-refractivity contribution >= 4 is 22.8 Å². The molecule has 0 bridgehead atoms. The number of carbonyl (C=O) groups excluding carboxylic acids is 1. The van der Waals surface area contributed by atoms with Crippen LogP contribution in [0.1, 0.15) is 26.8 Å². The Morgan fingerprint density at radius 2 is 1.79 bits per heavy atom. The lowest BCUT2D eigenvalue weighted by atomic mass is 10.0. The SMILES string of the molecule is CC(NC(=O)C(C(C)C)n1c(=O)[nH]c2ccccc2c1=O)C(=O)O. The highest BCUT2D eigenvalue weighted by atomic mass is 16.4. The molecule has 0 saturated carbocycles. The van der Waals surface area contributed by atoms with Crippen molar-refractivity contribution in [3.8, 4) is 0 Å². The van der Waals surface area contributed by atoms with E-state index in [0.29, 0.717) is 5.52 Å². The number of carboxylic acid groups (broad SMARTS) is 1. The van der Waals surface area contributed by atoms with Gasteiger partial charge in [-0.25, -0.2) is 9.36 Å². The number of nitrogens with zero attached hydrogens (tertiary/aromatic N) is 1. The van der Waals surface area contributed by atoms with Crippen molar-refractivity contribution in [2.45, 2.75) is 32.9 Å². The summed E-state index contributed by atoms with van der Waals surface area (Å²) in [6.45, 7) is 4.67. The Morgan fingerprint density at radius 1 is 1.17 bits per heavy atom. The maximum absolute atomic E-state index is 12.7. The number of fused-ring (bicyclic) bond motifs is 1. The summed E-state index contributed by atoms with van der Waals surface area (Å²) in [4.78, 5) is 51.0. The first kappa shape index (κ1) is 17.5. The molecule has 8 nitrogen and oxygen atoms in total. The summed E-state index contributed by atoms with van der Waals surface area (Å²) in [7, 11) is 0. The highest BCUT2D eigenvalue weighted by molar-refractivity contribution is 5.86. The van der Waals surface area contributed by atoms with Gasteiger partial charge in [-0.15, -0.1) is 0 Å². The van der Waals surface area contributed by atoms with Crippen molar-refractivity contribution in [1.82, 2.24) is 14.9 Å². The van der Waals surface area contributed by atoms with E-state index >= 15 is 0 Å². The van der Waals surface area contributed by atoms with Crippen molar-refractivity contribution in [2.75, 3.05) is 0 Å². The molecule has 8 heteroatoms. The summed E-state index contributed by atoms with van der Waals surface area (Å²) in [5.74, 6) is -2.29. The van der Waals surface area contributed by atoms with Crippen LogP contribution in [0.5, 0.6) is 0 Å². The summed E-state index contributed by atoms with van der Waals surface area (Å²) in [6, 6.07) is 4.24. The van der Waals surface area contributed by atoms with E-state index in [-0.39, 0.29) is 5.39 Å². The normalized spacial score (nSPS) is 13.7. The summed E-state index contributed by atoms with van der Waals surface area (Å²) in [5, 5.41) is 11.5. The van der Waals surface area contributed by atoms with E-state index in [1.807, 2.05) is 0 Å². The number of H-pyrrole nitrogens is 1. The van der Waals surface area contributed by atoms with Gasteiger partial charge in [-0.05, 0) is 25.0 Å². The average Bonchev–Trinajstić information content (AvgIpc) is 2.50. The zero-order chi connectivity index (χ0) is 18.0. The van der Waals surface area contributed by atoms with Crippen molar-refractivity contribution < 1.29 is 14.7 Å². The van der Waals surface area contributed by atoms with E-state index in [0.717, 1.165) is 4.57 Å². The highest BCUT2D eigenvalue weighted by Crippen LogP contribution is 2.16. The second-order valence-electron chi connectivity index (χ2n) is 5.91. The topological polar surface area (TPSA) is 121 Å². The van der Waals surface area contributed by atoms with E-state index in [1.165, 1.54) is 6.92 Å². The second kappa shape index (κ2) is 6.69. The van der Waals surface area contributed by atoms with E-state index in [4.69, 9.17) is 5.11 Å². The molecule has 2 atom stereocenters. The van der Waals surface area contributed by atoms with Crippen LogP contribution in [-0.2, 0) is 9.59 Å². The molecule has 0 aliphatic carbocycles. The molecule has 3 N–H and O–H groups in total. The van der Waals surface area contributed by atoms with E-state index < -0.39 is 41.1 Å². The predicted octanol–water partition coefficient (Wildman–Crippen LogP) is 0.476. The molecule has 0 spiro atoms. The maximum Gasteiger partial charge on any atom is 0.329 e. The van der Waals surface area contributed by atoms with Crippen LogP contribution in [0.4, 0.5) is 0 Å². The van der Waals surface area contributed by atoms with Crippen molar-refractivity contribution in [3.63, 3.8) is 0 Å². The fourth-order valence-electron chi connectivity index (χ4n) is 2.51. The Kier molecular flexibility index (Phi) is 4.87. The van der Waals surface area contributed by atoms with Crippen LogP contribution in [0.3, 0.4) is 0 Å². The monoisotopic (exact) mass is 333 g/mol. The average molecular weight is 333 g/mol. The van der Waals surface area contributed by atoms with Crippen LogP contribution in [0.15, 0.2) is 33.9 Å². The number of hydrogen-bond donors (Lipinski definition) is 3. The number of benzene rings is 1. The molecule has 1 aromatic carbocycles. The molecule has 2 rings (SSSR count). The first-order valence-corrected chi connectivity index (χ1v) is 7.50. The summed E-state index contributed by atoms with van der Waals surface area (Å²) < 4.78 is 0.844. The zero-order valence-electron chi connectivity index (χ0n) is 13.6. The Balaban J connectivity index is 2.59. The molecule has 24 heavy (non-hydrogen) atoms.